The van der Waals surface area contributed by atoms with Gasteiger partial charge in [0.25, 0.3) is 0 Å². The first-order valence-electron chi connectivity index (χ1n) is 5.76. The van der Waals surface area contributed by atoms with Crippen LogP contribution in [0.1, 0.15) is 18.9 Å². The number of benzene rings is 1. The molecule has 0 fully saturated rings. The Bertz CT molecular complexity index is 488. The fraction of sp³-hybridized carbons (Fsp3) is 0.462. The average Bonchev–Trinajstić information content (AvgIpc) is 2.24. The Kier molecular flexibility index (Phi) is 5.34. The molecule has 5 heteroatoms. The highest BCUT2D eigenvalue weighted by molar-refractivity contribution is 7.90. The van der Waals surface area contributed by atoms with Crippen molar-refractivity contribution in [3.63, 3.8) is 0 Å². The summed E-state index contributed by atoms with van der Waals surface area (Å²) in [4.78, 5) is 10.9. The standard InChI is InChI=1S/C13H18O4S/c1-11(14)10-12-4-6-13(7-5-12)17-8-3-9-18(2,15)16/h4-7H,3,8-10H2,1-2H3. The average molecular weight is 270 g/mol. The molecule has 1 aromatic carbocycles. The van der Waals surface area contributed by atoms with E-state index in [0.717, 1.165) is 5.56 Å². The van der Waals surface area contributed by atoms with Crippen molar-refractivity contribution in [2.24, 2.45) is 0 Å². The molecule has 0 amide bonds. The SMILES string of the molecule is CC(=O)Cc1ccc(OCCCS(C)(=O)=O)cc1. The van der Waals surface area contributed by atoms with Gasteiger partial charge in [-0.05, 0) is 31.0 Å². The highest BCUT2D eigenvalue weighted by atomic mass is 32.2. The summed E-state index contributed by atoms with van der Waals surface area (Å²) >= 11 is 0. The first kappa shape index (κ1) is 14.7. The highest BCUT2D eigenvalue weighted by Crippen LogP contribution is 2.13. The van der Waals surface area contributed by atoms with Gasteiger partial charge >= 0.3 is 0 Å². The zero-order valence-electron chi connectivity index (χ0n) is 10.7. The lowest BCUT2D eigenvalue weighted by molar-refractivity contribution is -0.116. The predicted octanol–water partition coefficient (Wildman–Crippen LogP) is 1.63. The Labute approximate surface area is 108 Å². The third-order valence-electron chi connectivity index (χ3n) is 2.30. The summed E-state index contributed by atoms with van der Waals surface area (Å²) in [7, 11) is -2.92. The van der Waals surface area contributed by atoms with E-state index in [9.17, 15) is 13.2 Å². The first-order chi connectivity index (χ1) is 8.37. The summed E-state index contributed by atoms with van der Waals surface area (Å²) in [5, 5.41) is 0. The predicted molar refractivity (Wildman–Crippen MR) is 70.6 cm³/mol. The fourth-order valence-electron chi connectivity index (χ4n) is 1.50. The van der Waals surface area contributed by atoms with Crippen LogP contribution in [0, 0.1) is 0 Å². The van der Waals surface area contributed by atoms with Gasteiger partial charge < -0.3 is 4.74 Å². The van der Waals surface area contributed by atoms with Crippen molar-refractivity contribution in [2.75, 3.05) is 18.6 Å². The van der Waals surface area contributed by atoms with E-state index >= 15 is 0 Å². The second kappa shape index (κ2) is 6.54. The van der Waals surface area contributed by atoms with E-state index < -0.39 is 9.84 Å². The van der Waals surface area contributed by atoms with Crippen LogP contribution in [-0.4, -0.2) is 32.8 Å². The zero-order chi connectivity index (χ0) is 13.6. The summed E-state index contributed by atoms with van der Waals surface area (Å²) in [5.74, 6) is 0.947. The summed E-state index contributed by atoms with van der Waals surface area (Å²) in [6, 6.07) is 7.26. The maximum absolute atomic E-state index is 10.9. The number of Topliss-reactive ketones (excluding diaryl/α,β-unsaturated/α-hetero) is 1. The summed E-state index contributed by atoms with van der Waals surface area (Å²) in [6.07, 6.45) is 2.12. The van der Waals surface area contributed by atoms with Crippen molar-refractivity contribution in [1.82, 2.24) is 0 Å². The van der Waals surface area contributed by atoms with E-state index in [1.165, 1.54) is 6.26 Å². The maximum atomic E-state index is 10.9. The molecule has 1 aromatic rings. The smallest absolute Gasteiger partial charge is 0.147 e. The van der Waals surface area contributed by atoms with Crippen LogP contribution in [0.15, 0.2) is 24.3 Å². The molecule has 0 N–H and O–H groups in total. The van der Waals surface area contributed by atoms with Crippen LogP contribution in [0.3, 0.4) is 0 Å². The molecule has 18 heavy (non-hydrogen) atoms. The molecule has 0 heterocycles. The number of ketones is 1. The molecule has 0 aliphatic rings. The van der Waals surface area contributed by atoms with Crippen molar-refractivity contribution in [3.05, 3.63) is 29.8 Å². The maximum Gasteiger partial charge on any atom is 0.147 e. The van der Waals surface area contributed by atoms with E-state index in [2.05, 4.69) is 0 Å². The van der Waals surface area contributed by atoms with Crippen molar-refractivity contribution < 1.29 is 17.9 Å². The van der Waals surface area contributed by atoms with Gasteiger partial charge in [-0.3, -0.25) is 4.79 Å². The Balaban J connectivity index is 2.37. The van der Waals surface area contributed by atoms with Crippen LogP contribution >= 0.6 is 0 Å². The van der Waals surface area contributed by atoms with Gasteiger partial charge in [-0.15, -0.1) is 0 Å². The van der Waals surface area contributed by atoms with Crippen molar-refractivity contribution in [3.8, 4) is 5.75 Å². The van der Waals surface area contributed by atoms with Gasteiger partial charge in [0, 0.05) is 12.7 Å². The molecule has 0 aliphatic carbocycles. The third kappa shape index (κ3) is 6.39. The number of sulfone groups is 1. The minimum Gasteiger partial charge on any atom is -0.494 e. The van der Waals surface area contributed by atoms with Gasteiger partial charge in [0.2, 0.25) is 0 Å². The molecule has 0 saturated carbocycles. The molecule has 0 spiro atoms. The van der Waals surface area contributed by atoms with Crippen LogP contribution < -0.4 is 4.74 Å². The Hall–Kier alpha value is -1.36. The molecule has 0 aromatic heterocycles. The quantitative estimate of drug-likeness (QED) is 0.707. The topological polar surface area (TPSA) is 60.4 Å². The van der Waals surface area contributed by atoms with E-state index in [0.29, 0.717) is 25.2 Å². The lowest BCUT2D eigenvalue weighted by Gasteiger charge is -2.06. The molecular weight excluding hydrogens is 252 g/mol. The highest BCUT2D eigenvalue weighted by Gasteiger charge is 2.02. The molecule has 0 unspecified atom stereocenters. The van der Waals surface area contributed by atoms with Gasteiger partial charge in [0.15, 0.2) is 0 Å². The molecule has 0 aliphatic heterocycles. The fourth-order valence-corrected chi connectivity index (χ4v) is 2.14. The number of carbonyl (C=O) groups is 1. The molecule has 4 nitrogen and oxygen atoms in total. The second-order valence-electron chi connectivity index (χ2n) is 4.35. The van der Waals surface area contributed by atoms with Crippen LogP contribution in [0.5, 0.6) is 5.75 Å². The van der Waals surface area contributed by atoms with Gasteiger partial charge in [0.1, 0.15) is 21.4 Å². The van der Waals surface area contributed by atoms with Crippen LogP contribution in [0.2, 0.25) is 0 Å². The summed E-state index contributed by atoms with van der Waals surface area (Å²) in [6.45, 7) is 1.93. The van der Waals surface area contributed by atoms with Crippen LogP contribution in [0.4, 0.5) is 0 Å². The normalized spacial score (nSPS) is 11.2. The van der Waals surface area contributed by atoms with Crippen molar-refractivity contribution >= 4 is 15.6 Å². The largest absolute Gasteiger partial charge is 0.494 e. The first-order valence-corrected chi connectivity index (χ1v) is 7.82. The van der Waals surface area contributed by atoms with Gasteiger partial charge in [0.05, 0.1) is 12.4 Å². The van der Waals surface area contributed by atoms with E-state index in [1.54, 1.807) is 19.1 Å². The lowest BCUT2D eigenvalue weighted by Crippen LogP contribution is -2.08. The molecule has 100 valence electrons. The Morgan fingerprint density at radius 1 is 1.22 bits per heavy atom. The van der Waals surface area contributed by atoms with Crippen LogP contribution in [-0.2, 0) is 21.1 Å². The molecule has 1 rings (SSSR count). The van der Waals surface area contributed by atoms with Crippen molar-refractivity contribution in [2.45, 2.75) is 19.8 Å². The third-order valence-corrected chi connectivity index (χ3v) is 3.33. The summed E-state index contributed by atoms with van der Waals surface area (Å²) < 4.78 is 27.2. The monoisotopic (exact) mass is 270 g/mol. The van der Waals surface area contributed by atoms with E-state index in [-0.39, 0.29) is 11.5 Å². The number of hydrogen-bond donors (Lipinski definition) is 0. The van der Waals surface area contributed by atoms with E-state index in [1.807, 2.05) is 12.1 Å². The van der Waals surface area contributed by atoms with Gasteiger partial charge in [-0.1, -0.05) is 12.1 Å². The Morgan fingerprint density at radius 2 is 1.83 bits per heavy atom. The minimum atomic E-state index is -2.92. The Morgan fingerprint density at radius 3 is 2.33 bits per heavy atom. The van der Waals surface area contributed by atoms with Crippen molar-refractivity contribution in [1.29, 1.82) is 0 Å². The molecular formula is C13H18O4S. The summed E-state index contributed by atoms with van der Waals surface area (Å²) in [5.41, 5.74) is 0.950. The molecule has 0 radical (unpaired) electrons. The lowest BCUT2D eigenvalue weighted by atomic mass is 10.1. The van der Waals surface area contributed by atoms with Gasteiger partial charge in [-0.25, -0.2) is 8.42 Å². The molecule has 0 bridgehead atoms. The number of hydrogen-bond acceptors (Lipinski definition) is 4. The zero-order valence-corrected chi connectivity index (χ0v) is 11.5. The minimum absolute atomic E-state index is 0.122. The number of carbonyl (C=O) groups excluding carboxylic acids is 1. The second-order valence-corrected chi connectivity index (χ2v) is 6.61. The molecule has 0 atom stereocenters. The van der Waals surface area contributed by atoms with Crippen LogP contribution in [0.25, 0.3) is 0 Å². The van der Waals surface area contributed by atoms with Gasteiger partial charge in [-0.2, -0.15) is 0 Å². The van der Waals surface area contributed by atoms with E-state index in [4.69, 9.17) is 4.74 Å². The number of ether oxygens (including phenoxy) is 1. The molecule has 0 saturated heterocycles. The number of rotatable bonds is 7.